The van der Waals surface area contributed by atoms with E-state index in [0.29, 0.717) is 32.0 Å². The Morgan fingerprint density at radius 3 is 2.34 bits per heavy atom. The zero-order chi connectivity index (χ0) is 21.2. The van der Waals surface area contributed by atoms with Crippen LogP contribution in [0.2, 0.25) is 0 Å². The minimum atomic E-state index is -3.01. The van der Waals surface area contributed by atoms with Crippen molar-refractivity contribution in [3.8, 4) is 0 Å². The van der Waals surface area contributed by atoms with Crippen LogP contribution in [0.3, 0.4) is 0 Å². The van der Waals surface area contributed by atoms with Gasteiger partial charge < -0.3 is 26.0 Å². The molecule has 1 heterocycles. The number of sulfone groups is 1. The number of carbonyl (C=O) groups is 2. The van der Waals surface area contributed by atoms with Gasteiger partial charge in [0.15, 0.2) is 15.8 Å². The fourth-order valence-electron chi connectivity index (χ4n) is 2.48. The van der Waals surface area contributed by atoms with Gasteiger partial charge in [-0.05, 0) is 34.1 Å². The molecule has 0 radical (unpaired) electrons. The van der Waals surface area contributed by atoms with Gasteiger partial charge in [-0.25, -0.2) is 13.2 Å². The summed E-state index contributed by atoms with van der Waals surface area (Å²) in [4.78, 5) is 27.8. The van der Waals surface area contributed by atoms with Gasteiger partial charge in [0.2, 0.25) is 5.91 Å². The number of aliphatic imine (C=N–C) groups is 1. The zero-order valence-electron chi connectivity index (χ0n) is 17.5. The number of halogens is 1. The molecule has 0 aliphatic carbocycles. The lowest BCUT2D eigenvalue weighted by Crippen LogP contribution is -2.42. The van der Waals surface area contributed by atoms with Crippen LogP contribution in [0.4, 0.5) is 4.79 Å². The van der Waals surface area contributed by atoms with E-state index in [1.54, 1.807) is 20.8 Å². The third kappa shape index (κ3) is 13.5. The summed E-state index contributed by atoms with van der Waals surface area (Å²) in [7, 11) is -3.01. The van der Waals surface area contributed by atoms with Crippen molar-refractivity contribution in [2.75, 3.05) is 37.7 Å². The van der Waals surface area contributed by atoms with Crippen LogP contribution in [-0.2, 0) is 19.4 Å². The first-order chi connectivity index (χ1) is 13.0. The molecule has 2 amide bonds. The van der Waals surface area contributed by atoms with E-state index in [2.05, 4.69) is 26.3 Å². The maximum absolute atomic E-state index is 11.9. The molecule has 1 aliphatic rings. The molecule has 0 saturated carbocycles. The second kappa shape index (κ2) is 13.1. The van der Waals surface area contributed by atoms with Crippen LogP contribution in [0.25, 0.3) is 0 Å². The predicted octanol–water partition coefficient (Wildman–Crippen LogP) is 0.378. The van der Waals surface area contributed by atoms with Crippen molar-refractivity contribution in [2.24, 2.45) is 4.99 Å². The van der Waals surface area contributed by atoms with E-state index in [4.69, 9.17) is 4.74 Å². The van der Waals surface area contributed by atoms with Crippen LogP contribution < -0.4 is 21.3 Å². The number of amides is 2. The highest BCUT2D eigenvalue weighted by atomic mass is 127. The Kier molecular flexibility index (Phi) is 12.5. The maximum atomic E-state index is 11.9. The second-order valence-electron chi connectivity index (χ2n) is 7.53. The maximum Gasteiger partial charge on any atom is 0.407 e. The van der Waals surface area contributed by atoms with Crippen LogP contribution in [0.5, 0.6) is 0 Å². The van der Waals surface area contributed by atoms with E-state index in [1.165, 1.54) is 0 Å². The average molecular weight is 547 g/mol. The number of guanidine groups is 1. The van der Waals surface area contributed by atoms with E-state index in [9.17, 15) is 18.0 Å². The minimum Gasteiger partial charge on any atom is -0.444 e. The van der Waals surface area contributed by atoms with Crippen LogP contribution >= 0.6 is 24.0 Å². The summed E-state index contributed by atoms with van der Waals surface area (Å²) in [5, 5.41) is 11.5. The van der Waals surface area contributed by atoms with Gasteiger partial charge in [-0.3, -0.25) is 9.79 Å². The van der Waals surface area contributed by atoms with Gasteiger partial charge in [0.1, 0.15) is 5.60 Å². The van der Waals surface area contributed by atoms with Gasteiger partial charge in [0.05, 0.1) is 18.1 Å². The average Bonchev–Trinajstić information content (AvgIpc) is 2.88. The van der Waals surface area contributed by atoms with Gasteiger partial charge in [-0.15, -0.1) is 24.0 Å². The molecule has 1 unspecified atom stereocenters. The smallest absolute Gasteiger partial charge is 0.407 e. The van der Waals surface area contributed by atoms with Crippen molar-refractivity contribution in [1.82, 2.24) is 21.3 Å². The first-order valence-corrected chi connectivity index (χ1v) is 11.3. The van der Waals surface area contributed by atoms with E-state index < -0.39 is 21.5 Å². The molecule has 1 saturated heterocycles. The Morgan fingerprint density at radius 2 is 1.79 bits per heavy atom. The second-order valence-corrected chi connectivity index (χ2v) is 9.76. The number of nitrogens with one attached hydrogen (secondary N) is 4. The number of hydrogen-bond donors (Lipinski definition) is 4. The molecule has 1 fully saturated rings. The molecule has 0 bridgehead atoms. The monoisotopic (exact) mass is 547 g/mol. The third-order valence-electron chi connectivity index (χ3n) is 3.64. The lowest BCUT2D eigenvalue weighted by atomic mass is 10.2. The molecular formula is C17H34IN5O5S. The number of carbonyl (C=O) groups excluding carboxylic acids is 2. The van der Waals surface area contributed by atoms with Gasteiger partial charge in [0, 0.05) is 32.1 Å². The van der Waals surface area contributed by atoms with Crippen LogP contribution in [-0.4, -0.2) is 75.7 Å². The predicted molar refractivity (Wildman–Crippen MR) is 123 cm³/mol. The van der Waals surface area contributed by atoms with Crippen LogP contribution in [0, 0.1) is 0 Å². The molecule has 1 rings (SSSR count). The number of ether oxygens (including phenoxy) is 1. The molecule has 1 aliphatic heterocycles. The standard InChI is InChI=1S/C17H33N5O5S.HI/c1-5-18-15(20-9-10-21-16(24)27-17(2,3)4)19-8-6-14(23)22-13-7-11-28(25,26)12-13;/h13H,5-12H2,1-4H3,(H,21,24)(H,22,23)(H2,18,19,20);1H. The summed E-state index contributed by atoms with van der Waals surface area (Å²) in [6, 6.07) is -0.299. The van der Waals surface area contributed by atoms with Crippen molar-refractivity contribution < 1.29 is 22.7 Å². The van der Waals surface area contributed by atoms with E-state index in [1.807, 2.05) is 6.92 Å². The Bertz CT molecular complexity index is 664. The van der Waals surface area contributed by atoms with Crippen LogP contribution in [0.15, 0.2) is 4.99 Å². The number of hydrogen-bond acceptors (Lipinski definition) is 6. The van der Waals surface area contributed by atoms with Crippen molar-refractivity contribution in [1.29, 1.82) is 0 Å². The Balaban J connectivity index is 0.00000784. The van der Waals surface area contributed by atoms with Gasteiger partial charge in [-0.1, -0.05) is 0 Å². The first kappa shape index (κ1) is 27.7. The summed E-state index contributed by atoms with van der Waals surface area (Å²) in [5.74, 6) is 0.455. The molecular weight excluding hydrogens is 513 g/mol. The SMILES string of the molecule is CCNC(=NCCC(=O)NC1CCS(=O)(=O)C1)NCCNC(=O)OC(C)(C)C.I. The van der Waals surface area contributed by atoms with Gasteiger partial charge in [-0.2, -0.15) is 0 Å². The highest BCUT2D eigenvalue weighted by molar-refractivity contribution is 14.0. The zero-order valence-corrected chi connectivity index (χ0v) is 20.7. The lowest BCUT2D eigenvalue weighted by molar-refractivity contribution is -0.121. The molecule has 4 N–H and O–H groups in total. The van der Waals surface area contributed by atoms with Crippen molar-refractivity contribution in [3.05, 3.63) is 0 Å². The Labute approximate surface area is 190 Å². The fraction of sp³-hybridized carbons (Fsp3) is 0.824. The highest BCUT2D eigenvalue weighted by Crippen LogP contribution is 2.11. The minimum absolute atomic E-state index is 0. The molecule has 0 aromatic heterocycles. The largest absolute Gasteiger partial charge is 0.444 e. The molecule has 29 heavy (non-hydrogen) atoms. The van der Waals surface area contributed by atoms with E-state index in [-0.39, 0.29) is 60.4 Å². The number of rotatable bonds is 8. The fourth-order valence-corrected chi connectivity index (χ4v) is 4.15. The quantitative estimate of drug-likeness (QED) is 0.149. The van der Waals surface area contributed by atoms with Gasteiger partial charge >= 0.3 is 6.09 Å². The summed E-state index contributed by atoms with van der Waals surface area (Å²) >= 11 is 0. The van der Waals surface area contributed by atoms with E-state index in [0.717, 1.165) is 0 Å². The number of nitrogens with zero attached hydrogens (tertiary/aromatic N) is 1. The molecule has 12 heteroatoms. The Hall–Kier alpha value is -1.31. The van der Waals surface area contributed by atoms with Crippen molar-refractivity contribution >= 4 is 51.8 Å². The molecule has 170 valence electrons. The molecule has 1 atom stereocenters. The van der Waals surface area contributed by atoms with E-state index >= 15 is 0 Å². The Morgan fingerprint density at radius 1 is 1.14 bits per heavy atom. The normalized spacial score (nSPS) is 18.3. The summed E-state index contributed by atoms with van der Waals surface area (Å²) in [5.41, 5.74) is -0.544. The van der Waals surface area contributed by atoms with Crippen molar-refractivity contribution in [3.63, 3.8) is 0 Å². The summed E-state index contributed by atoms with van der Waals surface area (Å²) < 4.78 is 28.0. The highest BCUT2D eigenvalue weighted by Gasteiger charge is 2.28. The topological polar surface area (TPSA) is 138 Å². The molecule has 0 aromatic rings. The molecule has 0 spiro atoms. The lowest BCUT2D eigenvalue weighted by Gasteiger charge is -2.19. The van der Waals surface area contributed by atoms with Crippen molar-refractivity contribution in [2.45, 2.75) is 52.2 Å². The number of alkyl carbamates (subject to hydrolysis) is 1. The first-order valence-electron chi connectivity index (χ1n) is 9.49. The van der Waals surface area contributed by atoms with Crippen LogP contribution in [0.1, 0.15) is 40.5 Å². The summed E-state index contributed by atoms with van der Waals surface area (Å²) in [6.07, 6.45) is 0.150. The summed E-state index contributed by atoms with van der Waals surface area (Å²) in [6.45, 7) is 9.02. The molecule has 0 aromatic carbocycles. The third-order valence-corrected chi connectivity index (χ3v) is 5.40. The van der Waals surface area contributed by atoms with Gasteiger partial charge in [0.25, 0.3) is 0 Å². The molecule has 10 nitrogen and oxygen atoms in total.